The summed E-state index contributed by atoms with van der Waals surface area (Å²) in [7, 11) is 1.42. The molecule has 33 heavy (non-hydrogen) atoms. The molecule has 0 atom stereocenters. The number of carbonyl (C=O) groups is 1. The third-order valence-electron chi connectivity index (χ3n) is 5.78. The quantitative estimate of drug-likeness (QED) is 0.357. The van der Waals surface area contributed by atoms with Crippen molar-refractivity contribution < 1.29 is 22.7 Å². The number of carbonyl (C=O) groups excluding carboxylic acids is 1. The van der Waals surface area contributed by atoms with Crippen molar-refractivity contribution in [1.82, 2.24) is 9.62 Å². The number of hydrogen-bond acceptors (Lipinski definition) is 6. The van der Waals surface area contributed by atoms with Crippen LogP contribution in [0.15, 0.2) is 41.3 Å². The summed E-state index contributed by atoms with van der Waals surface area (Å²) in [6, 6.07) is 11.3. The molecule has 1 heterocycles. The van der Waals surface area contributed by atoms with Gasteiger partial charge in [0.25, 0.3) is 0 Å². The molecule has 2 aromatic carbocycles. The van der Waals surface area contributed by atoms with Crippen LogP contribution in [0.1, 0.15) is 40.7 Å². The van der Waals surface area contributed by atoms with E-state index in [1.165, 1.54) is 18.7 Å². The van der Waals surface area contributed by atoms with Crippen LogP contribution in [-0.2, 0) is 22.9 Å². The number of halogens is 1. The highest BCUT2D eigenvalue weighted by atomic mass is 35.5. The Morgan fingerprint density at radius 3 is 2.67 bits per heavy atom. The molecule has 7 nitrogen and oxygen atoms in total. The van der Waals surface area contributed by atoms with Crippen LogP contribution >= 0.6 is 12.4 Å². The molecule has 0 spiro atoms. The van der Waals surface area contributed by atoms with Crippen molar-refractivity contribution in [2.75, 3.05) is 40.9 Å². The van der Waals surface area contributed by atoms with Crippen LogP contribution in [0, 0.1) is 0 Å². The minimum absolute atomic E-state index is 0. The summed E-state index contributed by atoms with van der Waals surface area (Å²) < 4.78 is 37.9. The van der Waals surface area contributed by atoms with Crippen molar-refractivity contribution in [3.63, 3.8) is 0 Å². The fraction of sp³-hybridized carbons (Fsp3) is 0.458. The molecule has 9 heteroatoms. The first kappa shape index (κ1) is 27.1. The van der Waals surface area contributed by atoms with Crippen LogP contribution in [0.2, 0.25) is 0 Å². The van der Waals surface area contributed by atoms with Gasteiger partial charge < -0.3 is 14.4 Å². The molecule has 0 unspecified atom stereocenters. The second-order valence-electron chi connectivity index (χ2n) is 8.01. The third kappa shape index (κ3) is 6.93. The van der Waals surface area contributed by atoms with Gasteiger partial charge >= 0.3 is 0 Å². The minimum atomic E-state index is -3.69. The first-order chi connectivity index (χ1) is 15.4. The lowest BCUT2D eigenvalue weighted by Crippen LogP contribution is -2.22. The molecule has 1 aliphatic heterocycles. The highest BCUT2D eigenvalue weighted by molar-refractivity contribution is 7.89. The number of nitrogens with one attached hydrogen (secondary N) is 1. The van der Waals surface area contributed by atoms with Crippen molar-refractivity contribution in [3.8, 4) is 11.5 Å². The molecule has 0 amide bonds. The SMILES string of the molecule is CNS(=O)(=O)c1cc(C(=O)CCCCN(C)CCc2ccccc2OC)cc2c1OCC2.Cl. The van der Waals surface area contributed by atoms with E-state index in [2.05, 4.69) is 22.7 Å². The van der Waals surface area contributed by atoms with Gasteiger partial charge in [0, 0.05) is 24.9 Å². The van der Waals surface area contributed by atoms with Gasteiger partial charge in [-0.2, -0.15) is 0 Å². The zero-order valence-electron chi connectivity index (χ0n) is 19.4. The number of para-hydroxylation sites is 1. The van der Waals surface area contributed by atoms with Gasteiger partial charge in [0.15, 0.2) is 5.78 Å². The molecule has 0 saturated heterocycles. The molecular formula is C24H33ClN2O5S. The standard InChI is InChI=1S/C24H32N2O5S.ClH/c1-25-32(28,29)23-17-20(16-19-12-15-31-24(19)23)21(27)9-6-7-13-26(2)14-11-18-8-4-5-10-22(18)30-3;/h4-5,8,10,16-17,25H,6-7,9,11-15H2,1-3H3;1H. The Morgan fingerprint density at radius 1 is 1.18 bits per heavy atom. The second kappa shape index (κ2) is 12.4. The van der Waals surface area contributed by atoms with Crippen LogP contribution < -0.4 is 14.2 Å². The normalized spacial score (nSPS) is 12.7. The zero-order valence-corrected chi connectivity index (χ0v) is 21.1. The predicted molar refractivity (Wildman–Crippen MR) is 132 cm³/mol. The van der Waals surface area contributed by atoms with E-state index < -0.39 is 10.0 Å². The number of sulfonamides is 1. The number of hydrogen-bond donors (Lipinski definition) is 1. The van der Waals surface area contributed by atoms with Crippen LogP contribution in [-0.4, -0.2) is 60.0 Å². The maximum Gasteiger partial charge on any atom is 0.244 e. The first-order valence-electron chi connectivity index (χ1n) is 10.9. The van der Waals surface area contributed by atoms with E-state index in [1.54, 1.807) is 13.2 Å². The lowest BCUT2D eigenvalue weighted by molar-refractivity contribution is 0.0978. The Kier molecular flexibility index (Phi) is 10.2. The number of unbranched alkanes of at least 4 members (excludes halogenated alkanes) is 1. The fourth-order valence-electron chi connectivity index (χ4n) is 3.89. The highest BCUT2D eigenvalue weighted by Crippen LogP contribution is 2.34. The first-order valence-corrected chi connectivity index (χ1v) is 12.4. The summed E-state index contributed by atoms with van der Waals surface area (Å²) >= 11 is 0. The number of ether oxygens (including phenoxy) is 2. The Bertz CT molecular complexity index is 1060. The summed E-state index contributed by atoms with van der Waals surface area (Å²) in [6.45, 7) is 2.23. The lowest BCUT2D eigenvalue weighted by atomic mass is 10.0. The molecule has 0 radical (unpaired) electrons. The molecule has 0 aliphatic carbocycles. The van der Waals surface area contributed by atoms with Crippen LogP contribution in [0.3, 0.4) is 0 Å². The summed E-state index contributed by atoms with van der Waals surface area (Å²) in [4.78, 5) is 15.1. The van der Waals surface area contributed by atoms with E-state index in [0.717, 1.165) is 43.7 Å². The Labute approximate surface area is 202 Å². The number of likely N-dealkylation sites (N-methyl/N-ethyl adjacent to an activating group) is 1. The molecule has 1 N–H and O–H groups in total. The number of nitrogens with zero attached hydrogens (tertiary/aromatic N) is 1. The van der Waals surface area contributed by atoms with Gasteiger partial charge in [-0.05, 0) is 69.2 Å². The van der Waals surface area contributed by atoms with Crippen molar-refractivity contribution in [3.05, 3.63) is 53.1 Å². The number of benzene rings is 2. The molecule has 182 valence electrons. The van der Waals surface area contributed by atoms with Crippen molar-refractivity contribution in [2.24, 2.45) is 0 Å². The lowest BCUT2D eigenvalue weighted by Gasteiger charge is -2.17. The largest absolute Gasteiger partial charge is 0.496 e. The average molecular weight is 497 g/mol. The summed E-state index contributed by atoms with van der Waals surface area (Å²) in [5.41, 5.74) is 2.40. The summed E-state index contributed by atoms with van der Waals surface area (Å²) in [5, 5.41) is 0. The molecule has 0 aromatic heterocycles. The molecular weight excluding hydrogens is 464 g/mol. The Hall–Kier alpha value is -2.13. The van der Waals surface area contributed by atoms with Gasteiger partial charge in [0.2, 0.25) is 10.0 Å². The maximum atomic E-state index is 12.8. The number of rotatable bonds is 12. The Morgan fingerprint density at radius 2 is 1.94 bits per heavy atom. The van der Waals surface area contributed by atoms with Gasteiger partial charge in [-0.3, -0.25) is 4.79 Å². The molecule has 0 bridgehead atoms. The number of methoxy groups -OCH3 is 1. The van der Waals surface area contributed by atoms with Gasteiger partial charge in [-0.15, -0.1) is 12.4 Å². The fourth-order valence-corrected chi connectivity index (χ4v) is 4.82. The molecule has 0 fully saturated rings. The number of ketones is 1. The molecule has 1 aliphatic rings. The van der Waals surface area contributed by atoms with E-state index >= 15 is 0 Å². The number of fused-ring (bicyclic) bond motifs is 1. The summed E-state index contributed by atoms with van der Waals surface area (Å²) in [5.74, 6) is 1.24. The van der Waals surface area contributed by atoms with Gasteiger partial charge in [0.05, 0.1) is 13.7 Å². The van der Waals surface area contributed by atoms with Gasteiger partial charge in [-0.25, -0.2) is 13.1 Å². The Balaban J connectivity index is 0.00000385. The smallest absolute Gasteiger partial charge is 0.244 e. The second-order valence-corrected chi connectivity index (χ2v) is 9.87. The van der Waals surface area contributed by atoms with Crippen molar-refractivity contribution in [2.45, 2.75) is 37.0 Å². The van der Waals surface area contributed by atoms with E-state index in [4.69, 9.17) is 9.47 Å². The maximum absolute atomic E-state index is 12.8. The van der Waals surface area contributed by atoms with Crippen molar-refractivity contribution in [1.29, 1.82) is 0 Å². The van der Waals surface area contributed by atoms with Gasteiger partial charge in [0.1, 0.15) is 16.4 Å². The van der Waals surface area contributed by atoms with E-state index in [-0.39, 0.29) is 23.1 Å². The summed E-state index contributed by atoms with van der Waals surface area (Å²) in [6.07, 6.45) is 3.54. The highest BCUT2D eigenvalue weighted by Gasteiger charge is 2.26. The van der Waals surface area contributed by atoms with Crippen LogP contribution in [0.4, 0.5) is 0 Å². The monoisotopic (exact) mass is 496 g/mol. The molecule has 0 saturated carbocycles. The van der Waals surface area contributed by atoms with E-state index in [1.807, 2.05) is 18.2 Å². The predicted octanol–water partition coefficient (Wildman–Crippen LogP) is 3.49. The number of Topliss-reactive ketones (excluding diaryl/α,β-unsaturated/α-hetero) is 1. The zero-order chi connectivity index (χ0) is 23.1. The molecule has 2 aromatic rings. The van der Waals surface area contributed by atoms with Crippen LogP contribution in [0.5, 0.6) is 11.5 Å². The van der Waals surface area contributed by atoms with Crippen LogP contribution in [0.25, 0.3) is 0 Å². The molecule has 3 rings (SSSR count). The topological polar surface area (TPSA) is 84.9 Å². The third-order valence-corrected chi connectivity index (χ3v) is 7.20. The van der Waals surface area contributed by atoms with E-state index in [9.17, 15) is 13.2 Å². The van der Waals surface area contributed by atoms with E-state index in [0.29, 0.717) is 30.8 Å². The minimum Gasteiger partial charge on any atom is -0.496 e. The average Bonchev–Trinajstić information content (AvgIpc) is 3.28. The van der Waals surface area contributed by atoms with Gasteiger partial charge in [-0.1, -0.05) is 18.2 Å². The van der Waals surface area contributed by atoms with Crippen molar-refractivity contribution >= 4 is 28.2 Å².